The quantitative estimate of drug-likeness (QED) is 0.917. The molecule has 0 radical (unpaired) electrons. The Hall–Kier alpha value is -2.10. The fraction of sp³-hybridized carbons (Fsp3) is 0.333. The van der Waals surface area contributed by atoms with E-state index >= 15 is 0 Å². The van der Waals surface area contributed by atoms with Gasteiger partial charge in [-0.1, -0.05) is 32.0 Å². The van der Waals surface area contributed by atoms with Crippen molar-refractivity contribution in [2.24, 2.45) is 7.05 Å². The molecule has 0 saturated heterocycles. The third-order valence-electron chi connectivity index (χ3n) is 3.35. The average Bonchev–Trinajstić information content (AvgIpc) is 2.79. The molecule has 19 heavy (non-hydrogen) atoms. The van der Waals surface area contributed by atoms with Crippen molar-refractivity contribution in [3.05, 3.63) is 41.1 Å². The molecule has 0 atom stereocenters. The van der Waals surface area contributed by atoms with Crippen LogP contribution in [0.5, 0.6) is 0 Å². The van der Waals surface area contributed by atoms with Crippen LogP contribution in [0, 0.1) is 0 Å². The van der Waals surface area contributed by atoms with E-state index in [1.807, 2.05) is 0 Å². The van der Waals surface area contributed by atoms with Crippen LogP contribution in [0.1, 0.15) is 35.5 Å². The van der Waals surface area contributed by atoms with Crippen LogP contribution in [-0.4, -0.2) is 20.9 Å². The lowest BCUT2D eigenvalue weighted by atomic mass is 9.95. The Bertz CT molecular complexity index is 592. The molecule has 0 bridgehead atoms. The Morgan fingerprint density at radius 1 is 1.26 bits per heavy atom. The highest BCUT2D eigenvalue weighted by Crippen LogP contribution is 2.29. The first-order chi connectivity index (χ1) is 9.08. The van der Waals surface area contributed by atoms with E-state index < -0.39 is 5.97 Å². The van der Waals surface area contributed by atoms with Gasteiger partial charge in [0, 0.05) is 12.6 Å². The number of benzene rings is 1. The number of aromatic carboxylic acids is 1. The van der Waals surface area contributed by atoms with Gasteiger partial charge in [-0.25, -0.2) is 4.79 Å². The molecule has 4 heteroatoms. The maximum atomic E-state index is 11.0. The van der Waals surface area contributed by atoms with Gasteiger partial charge in [0.2, 0.25) is 0 Å². The van der Waals surface area contributed by atoms with Gasteiger partial charge in [0.15, 0.2) is 5.69 Å². The van der Waals surface area contributed by atoms with Crippen molar-refractivity contribution in [2.75, 3.05) is 0 Å². The number of aromatic nitrogens is 2. The molecule has 1 aromatic heterocycles. The normalized spacial score (nSPS) is 10.7. The molecule has 1 heterocycles. The van der Waals surface area contributed by atoms with Crippen LogP contribution in [0.25, 0.3) is 11.3 Å². The Morgan fingerprint density at radius 3 is 2.26 bits per heavy atom. The lowest BCUT2D eigenvalue weighted by Crippen LogP contribution is -2.01. The van der Waals surface area contributed by atoms with Crippen LogP contribution in [0.3, 0.4) is 0 Å². The number of carboxylic acid groups (broad SMARTS) is 1. The summed E-state index contributed by atoms with van der Waals surface area (Å²) in [5.41, 5.74) is 4.52. The summed E-state index contributed by atoms with van der Waals surface area (Å²) in [5, 5.41) is 13.1. The zero-order valence-corrected chi connectivity index (χ0v) is 11.5. The lowest BCUT2D eigenvalue weighted by molar-refractivity contribution is 0.0689. The standard InChI is InChI=1S/C15H18N2O2/c1-4-10-7-6-8-11(5-2)14(10)13-9-12(15(18)19)16-17(13)3/h6-9H,4-5H2,1-3H3,(H,18,19). The van der Waals surface area contributed by atoms with Gasteiger partial charge in [-0.2, -0.15) is 5.10 Å². The van der Waals surface area contributed by atoms with Crippen molar-refractivity contribution in [2.45, 2.75) is 26.7 Å². The summed E-state index contributed by atoms with van der Waals surface area (Å²) in [6.45, 7) is 4.21. The van der Waals surface area contributed by atoms with Crippen LogP contribution in [0.2, 0.25) is 0 Å². The minimum absolute atomic E-state index is 0.0884. The Morgan fingerprint density at radius 2 is 1.84 bits per heavy atom. The lowest BCUT2D eigenvalue weighted by Gasteiger charge is -2.13. The number of nitrogens with zero attached hydrogens (tertiary/aromatic N) is 2. The summed E-state index contributed by atoms with van der Waals surface area (Å²) < 4.78 is 1.65. The number of aryl methyl sites for hydroxylation is 3. The molecule has 0 aliphatic carbocycles. The Labute approximate surface area is 112 Å². The van der Waals surface area contributed by atoms with E-state index in [4.69, 9.17) is 5.11 Å². The molecule has 0 fully saturated rings. The summed E-state index contributed by atoms with van der Waals surface area (Å²) >= 11 is 0. The van der Waals surface area contributed by atoms with E-state index in [2.05, 4.69) is 37.1 Å². The van der Waals surface area contributed by atoms with Gasteiger partial charge in [0.05, 0.1) is 5.69 Å². The van der Waals surface area contributed by atoms with Gasteiger partial charge in [-0.3, -0.25) is 4.68 Å². The average molecular weight is 258 g/mol. The van der Waals surface area contributed by atoms with Gasteiger partial charge in [0.1, 0.15) is 0 Å². The second-order valence-corrected chi connectivity index (χ2v) is 4.50. The van der Waals surface area contributed by atoms with Crippen molar-refractivity contribution in [1.29, 1.82) is 0 Å². The molecule has 2 rings (SSSR count). The van der Waals surface area contributed by atoms with Crippen molar-refractivity contribution in [3.63, 3.8) is 0 Å². The molecule has 0 saturated carbocycles. The first kappa shape index (κ1) is 13.3. The topological polar surface area (TPSA) is 55.1 Å². The Balaban J connectivity index is 2.67. The zero-order chi connectivity index (χ0) is 14.0. The minimum Gasteiger partial charge on any atom is -0.476 e. The first-order valence-electron chi connectivity index (χ1n) is 6.46. The fourth-order valence-corrected chi connectivity index (χ4v) is 2.38. The van der Waals surface area contributed by atoms with E-state index in [9.17, 15) is 4.79 Å². The van der Waals surface area contributed by atoms with Gasteiger partial charge in [-0.05, 0) is 30.0 Å². The number of carbonyl (C=O) groups is 1. The molecular weight excluding hydrogens is 240 g/mol. The highest BCUT2D eigenvalue weighted by Gasteiger charge is 2.16. The molecular formula is C15H18N2O2. The molecule has 0 spiro atoms. The monoisotopic (exact) mass is 258 g/mol. The van der Waals surface area contributed by atoms with Gasteiger partial charge < -0.3 is 5.11 Å². The van der Waals surface area contributed by atoms with Crippen molar-refractivity contribution in [3.8, 4) is 11.3 Å². The SMILES string of the molecule is CCc1cccc(CC)c1-c1cc(C(=O)O)nn1C. The highest BCUT2D eigenvalue weighted by atomic mass is 16.4. The first-order valence-corrected chi connectivity index (χ1v) is 6.46. The van der Waals surface area contributed by atoms with Gasteiger partial charge in [-0.15, -0.1) is 0 Å². The van der Waals surface area contributed by atoms with E-state index in [-0.39, 0.29) is 5.69 Å². The molecule has 0 aliphatic rings. The minimum atomic E-state index is -0.992. The number of hydrogen-bond acceptors (Lipinski definition) is 2. The summed E-state index contributed by atoms with van der Waals surface area (Å²) in [4.78, 5) is 11.0. The van der Waals surface area contributed by atoms with Crippen LogP contribution in [-0.2, 0) is 19.9 Å². The van der Waals surface area contributed by atoms with Gasteiger partial charge >= 0.3 is 5.97 Å². The number of rotatable bonds is 4. The molecule has 1 N–H and O–H groups in total. The smallest absolute Gasteiger partial charge is 0.356 e. The van der Waals surface area contributed by atoms with Gasteiger partial charge in [0.25, 0.3) is 0 Å². The maximum absolute atomic E-state index is 11.0. The summed E-state index contributed by atoms with van der Waals surface area (Å²) in [5.74, 6) is -0.992. The van der Waals surface area contributed by atoms with Crippen LogP contribution >= 0.6 is 0 Å². The molecule has 0 aliphatic heterocycles. The summed E-state index contributed by atoms with van der Waals surface area (Å²) in [6.07, 6.45) is 1.83. The second kappa shape index (κ2) is 5.26. The molecule has 0 amide bonds. The van der Waals surface area contributed by atoms with Crippen molar-refractivity contribution < 1.29 is 9.90 Å². The summed E-state index contributed by atoms with van der Waals surface area (Å²) in [7, 11) is 1.79. The van der Waals surface area contributed by atoms with Crippen molar-refractivity contribution >= 4 is 5.97 Å². The fourth-order valence-electron chi connectivity index (χ4n) is 2.38. The summed E-state index contributed by atoms with van der Waals surface area (Å²) in [6, 6.07) is 7.87. The van der Waals surface area contributed by atoms with Crippen LogP contribution in [0.15, 0.2) is 24.3 Å². The third-order valence-corrected chi connectivity index (χ3v) is 3.35. The number of hydrogen-bond donors (Lipinski definition) is 1. The predicted octanol–water partition coefficient (Wildman–Crippen LogP) is 2.91. The Kier molecular flexibility index (Phi) is 3.69. The van der Waals surface area contributed by atoms with Crippen LogP contribution < -0.4 is 0 Å². The second-order valence-electron chi connectivity index (χ2n) is 4.50. The molecule has 100 valence electrons. The van der Waals surface area contributed by atoms with Crippen LogP contribution in [0.4, 0.5) is 0 Å². The van der Waals surface area contributed by atoms with E-state index in [1.165, 1.54) is 11.1 Å². The van der Waals surface area contributed by atoms with E-state index in [1.54, 1.807) is 17.8 Å². The molecule has 2 aromatic rings. The maximum Gasteiger partial charge on any atom is 0.356 e. The largest absolute Gasteiger partial charge is 0.476 e. The molecule has 4 nitrogen and oxygen atoms in total. The zero-order valence-electron chi connectivity index (χ0n) is 11.5. The highest BCUT2D eigenvalue weighted by molar-refractivity contribution is 5.87. The van der Waals surface area contributed by atoms with E-state index in [0.29, 0.717) is 0 Å². The van der Waals surface area contributed by atoms with E-state index in [0.717, 1.165) is 24.1 Å². The molecule has 0 unspecified atom stereocenters. The molecule has 1 aromatic carbocycles. The number of carboxylic acids is 1. The predicted molar refractivity (Wildman–Crippen MR) is 74.4 cm³/mol. The third kappa shape index (κ3) is 2.38. The van der Waals surface area contributed by atoms with Crippen molar-refractivity contribution in [1.82, 2.24) is 9.78 Å².